The van der Waals surface area contributed by atoms with Crippen LogP contribution in [0.4, 0.5) is 10.1 Å². The number of carbonyl (C=O) groups excluding carboxylic acids is 1. The molecule has 4 aromatic rings. The molecule has 0 saturated carbocycles. The molecule has 0 aliphatic rings. The smallest absolute Gasteiger partial charge is 0.282 e. The summed E-state index contributed by atoms with van der Waals surface area (Å²) in [7, 11) is 0. The molecule has 0 fully saturated rings. The molecule has 0 spiro atoms. The van der Waals surface area contributed by atoms with Crippen molar-refractivity contribution in [3.63, 3.8) is 0 Å². The fourth-order valence-electron chi connectivity index (χ4n) is 3.49. The summed E-state index contributed by atoms with van der Waals surface area (Å²) in [4.78, 5) is 30.3. The molecule has 3 aromatic carbocycles. The number of amides is 1. The molecule has 9 heteroatoms. The van der Waals surface area contributed by atoms with E-state index in [-0.39, 0.29) is 23.9 Å². The summed E-state index contributed by atoms with van der Waals surface area (Å²) in [6.45, 7) is 3.76. The van der Waals surface area contributed by atoms with Crippen LogP contribution in [0.3, 0.4) is 0 Å². The highest BCUT2D eigenvalue weighted by atomic mass is 79.9. The maximum atomic E-state index is 13.3. The third kappa shape index (κ3) is 5.85. The van der Waals surface area contributed by atoms with E-state index in [0.717, 1.165) is 10.9 Å². The second-order valence-corrected chi connectivity index (χ2v) is 9.10. The summed E-state index contributed by atoms with van der Waals surface area (Å²) in [5, 5.41) is 7.58. The number of hydrogen-bond donors (Lipinski definition) is 1. The number of ether oxygens (including phenoxy) is 1. The number of aromatic nitrogens is 2. The van der Waals surface area contributed by atoms with Crippen molar-refractivity contribution in [2.75, 3.05) is 11.9 Å². The Kier molecular flexibility index (Phi) is 7.90. The zero-order valence-corrected chi connectivity index (χ0v) is 21.3. The Hall–Kier alpha value is -3.85. The molecule has 1 heterocycles. The third-order valence-corrected chi connectivity index (χ3v) is 6.10. The Morgan fingerprint density at radius 2 is 1.94 bits per heavy atom. The van der Waals surface area contributed by atoms with Gasteiger partial charge in [0.2, 0.25) is 0 Å². The summed E-state index contributed by atoms with van der Waals surface area (Å²) < 4.78 is 20.9. The molecular weight excluding hydrogens is 527 g/mol. The van der Waals surface area contributed by atoms with Gasteiger partial charge in [-0.05, 0) is 61.0 Å². The van der Waals surface area contributed by atoms with Crippen LogP contribution in [0.15, 0.2) is 81.1 Å². The lowest BCUT2D eigenvalue weighted by Crippen LogP contribution is -2.24. The normalized spacial score (nSPS) is 12.1. The SMILES string of the molecule is CC[C@H](C)c1nc2ccc(Br)cc2c(=O)n1N=Cc1ccccc1OCC(=O)Nc1ccc(F)cc1. The van der Waals surface area contributed by atoms with Gasteiger partial charge in [0.05, 0.1) is 17.1 Å². The maximum absolute atomic E-state index is 13.3. The predicted molar refractivity (Wildman–Crippen MR) is 142 cm³/mol. The number of hydrogen-bond acceptors (Lipinski definition) is 5. The van der Waals surface area contributed by atoms with E-state index in [1.54, 1.807) is 36.4 Å². The number of anilines is 1. The number of fused-ring (bicyclic) bond motifs is 1. The standard InChI is InChI=1S/C27H24BrFN4O3/c1-3-17(2)26-32-23-13-8-19(28)14-22(23)27(35)33(26)30-15-18-6-4-5-7-24(18)36-16-25(34)31-21-11-9-20(29)10-12-21/h4-15,17H,3,16H2,1-2H3,(H,31,34)/t17-/m0/s1. The average molecular weight is 551 g/mol. The van der Waals surface area contributed by atoms with E-state index in [1.165, 1.54) is 35.2 Å². The molecule has 1 atom stereocenters. The first-order chi connectivity index (χ1) is 17.4. The lowest BCUT2D eigenvalue weighted by Gasteiger charge is -2.14. The van der Waals surface area contributed by atoms with Gasteiger partial charge in [0.15, 0.2) is 6.61 Å². The van der Waals surface area contributed by atoms with Gasteiger partial charge in [-0.25, -0.2) is 9.37 Å². The fourth-order valence-corrected chi connectivity index (χ4v) is 3.85. The van der Waals surface area contributed by atoms with Crippen LogP contribution >= 0.6 is 15.9 Å². The average Bonchev–Trinajstić information content (AvgIpc) is 2.88. The molecule has 36 heavy (non-hydrogen) atoms. The minimum Gasteiger partial charge on any atom is -0.483 e. The van der Waals surface area contributed by atoms with E-state index in [2.05, 4.69) is 26.3 Å². The molecule has 0 unspecified atom stereocenters. The molecule has 1 N–H and O–H groups in total. The first-order valence-corrected chi connectivity index (χ1v) is 12.2. The second-order valence-electron chi connectivity index (χ2n) is 8.18. The fraction of sp³-hybridized carbons (Fsp3) is 0.185. The van der Waals surface area contributed by atoms with E-state index >= 15 is 0 Å². The van der Waals surface area contributed by atoms with Gasteiger partial charge in [-0.2, -0.15) is 9.78 Å². The van der Waals surface area contributed by atoms with Crippen molar-refractivity contribution in [3.8, 4) is 5.75 Å². The molecule has 0 aliphatic heterocycles. The van der Waals surface area contributed by atoms with E-state index in [1.807, 2.05) is 19.9 Å². The van der Waals surface area contributed by atoms with Gasteiger partial charge >= 0.3 is 0 Å². The number of nitrogens with zero attached hydrogens (tertiary/aromatic N) is 3. The van der Waals surface area contributed by atoms with Crippen molar-refractivity contribution in [1.82, 2.24) is 9.66 Å². The van der Waals surface area contributed by atoms with E-state index in [9.17, 15) is 14.0 Å². The Morgan fingerprint density at radius 1 is 1.19 bits per heavy atom. The van der Waals surface area contributed by atoms with Crippen LogP contribution in [0.5, 0.6) is 5.75 Å². The van der Waals surface area contributed by atoms with Crippen LogP contribution < -0.4 is 15.6 Å². The van der Waals surface area contributed by atoms with Crippen LogP contribution in [0.2, 0.25) is 0 Å². The Bertz CT molecular complexity index is 1490. The molecule has 1 aromatic heterocycles. The van der Waals surface area contributed by atoms with Crippen LogP contribution in [-0.2, 0) is 4.79 Å². The minimum absolute atomic E-state index is 0.00421. The summed E-state index contributed by atoms with van der Waals surface area (Å²) in [5.41, 5.74) is 1.39. The summed E-state index contributed by atoms with van der Waals surface area (Å²) in [6.07, 6.45) is 2.30. The molecule has 0 saturated heterocycles. The number of nitrogens with one attached hydrogen (secondary N) is 1. The molecule has 0 aliphatic carbocycles. The summed E-state index contributed by atoms with van der Waals surface area (Å²) in [5.74, 6) is 0.204. The molecule has 4 rings (SSSR count). The Morgan fingerprint density at radius 3 is 2.69 bits per heavy atom. The van der Waals surface area contributed by atoms with Gasteiger partial charge in [0.25, 0.3) is 11.5 Å². The van der Waals surface area contributed by atoms with Crippen LogP contribution in [0, 0.1) is 5.82 Å². The first-order valence-electron chi connectivity index (χ1n) is 11.4. The van der Waals surface area contributed by atoms with Gasteiger partial charge in [-0.15, -0.1) is 0 Å². The molecule has 7 nitrogen and oxygen atoms in total. The van der Waals surface area contributed by atoms with E-state index < -0.39 is 5.91 Å². The topological polar surface area (TPSA) is 85.6 Å². The number of rotatable bonds is 8. The number of benzene rings is 3. The van der Waals surface area contributed by atoms with Crippen molar-refractivity contribution in [1.29, 1.82) is 0 Å². The monoisotopic (exact) mass is 550 g/mol. The maximum Gasteiger partial charge on any atom is 0.282 e. The molecule has 184 valence electrons. The van der Waals surface area contributed by atoms with Gasteiger partial charge < -0.3 is 10.1 Å². The summed E-state index contributed by atoms with van der Waals surface area (Å²) in [6, 6.07) is 17.9. The van der Waals surface area contributed by atoms with Crippen molar-refractivity contribution in [2.24, 2.45) is 5.10 Å². The molecule has 0 radical (unpaired) electrons. The van der Waals surface area contributed by atoms with Gasteiger partial charge in [-0.1, -0.05) is 41.9 Å². The summed E-state index contributed by atoms with van der Waals surface area (Å²) >= 11 is 3.41. The number of para-hydroxylation sites is 1. The largest absolute Gasteiger partial charge is 0.483 e. The zero-order valence-electron chi connectivity index (χ0n) is 19.7. The highest BCUT2D eigenvalue weighted by Gasteiger charge is 2.16. The quantitative estimate of drug-likeness (QED) is 0.284. The van der Waals surface area contributed by atoms with Gasteiger partial charge in [0, 0.05) is 21.6 Å². The van der Waals surface area contributed by atoms with Crippen molar-refractivity contribution >= 4 is 44.6 Å². The Labute approximate surface area is 215 Å². The molecule has 0 bridgehead atoms. The van der Waals surface area contributed by atoms with Gasteiger partial charge in [0.1, 0.15) is 17.4 Å². The zero-order chi connectivity index (χ0) is 25.7. The lowest BCUT2D eigenvalue weighted by atomic mass is 10.1. The van der Waals surface area contributed by atoms with Gasteiger partial charge in [-0.3, -0.25) is 9.59 Å². The van der Waals surface area contributed by atoms with Crippen LogP contribution in [-0.4, -0.2) is 28.4 Å². The van der Waals surface area contributed by atoms with E-state index in [4.69, 9.17) is 9.72 Å². The predicted octanol–water partition coefficient (Wildman–Crippen LogP) is 5.71. The number of carbonyl (C=O) groups is 1. The Balaban J connectivity index is 1.59. The molecule has 1 amide bonds. The third-order valence-electron chi connectivity index (χ3n) is 5.60. The second kappa shape index (κ2) is 11.3. The first kappa shape index (κ1) is 25.2. The van der Waals surface area contributed by atoms with Crippen molar-refractivity contribution in [3.05, 3.63) is 98.8 Å². The molecular formula is C27H24BrFN4O3. The van der Waals surface area contributed by atoms with E-state index in [0.29, 0.717) is 33.7 Å². The van der Waals surface area contributed by atoms with Crippen LogP contribution in [0.25, 0.3) is 10.9 Å². The highest BCUT2D eigenvalue weighted by molar-refractivity contribution is 9.10. The minimum atomic E-state index is -0.395. The van der Waals surface area contributed by atoms with Crippen LogP contribution in [0.1, 0.15) is 37.6 Å². The lowest BCUT2D eigenvalue weighted by molar-refractivity contribution is -0.118. The van der Waals surface area contributed by atoms with Crippen molar-refractivity contribution in [2.45, 2.75) is 26.2 Å². The number of halogens is 2. The highest BCUT2D eigenvalue weighted by Crippen LogP contribution is 2.21. The van der Waals surface area contributed by atoms with Crippen molar-refractivity contribution < 1.29 is 13.9 Å².